The monoisotopic (exact) mass is 331 g/mol. The van der Waals surface area contributed by atoms with Crippen LogP contribution >= 0.6 is 15.9 Å². The summed E-state index contributed by atoms with van der Waals surface area (Å²) < 4.78 is 0.987. The Balaban J connectivity index is 2.34. The highest BCUT2D eigenvalue weighted by atomic mass is 79.9. The lowest BCUT2D eigenvalue weighted by Crippen LogP contribution is -2.19. The number of carbonyl (C=O) groups excluding carboxylic acids is 1. The maximum Gasteiger partial charge on any atom is 0.235 e. The summed E-state index contributed by atoms with van der Waals surface area (Å²) in [7, 11) is 0. The van der Waals surface area contributed by atoms with Gasteiger partial charge in [-0.15, -0.1) is 0 Å². The number of benzene rings is 2. The van der Waals surface area contributed by atoms with Crippen molar-refractivity contribution in [2.75, 3.05) is 0 Å². The van der Waals surface area contributed by atoms with Crippen LogP contribution in [0.3, 0.4) is 0 Å². The molecule has 102 valence electrons. The van der Waals surface area contributed by atoms with Gasteiger partial charge in [-0.05, 0) is 41.8 Å². The van der Waals surface area contributed by atoms with Crippen LogP contribution in [0, 0.1) is 0 Å². The first-order valence-electron chi connectivity index (χ1n) is 6.67. The third kappa shape index (κ3) is 2.05. The first-order valence-corrected chi connectivity index (χ1v) is 7.46. The van der Waals surface area contributed by atoms with Gasteiger partial charge in [0.25, 0.3) is 0 Å². The zero-order valence-electron chi connectivity index (χ0n) is 10.9. The Hall–Kier alpha value is -1.64. The summed E-state index contributed by atoms with van der Waals surface area (Å²) >= 11 is 3.45. The van der Waals surface area contributed by atoms with Crippen LogP contribution in [0.15, 0.2) is 39.8 Å². The van der Waals surface area contributed by atoms with Crippen molar-refractivity contribution in [3.05, 3.63) is 40.4 Å². The lowest BCUT2D eigenvalue weighted by molar-refractivity contribution is 0.412. The molecule has 1 aliphatic rings. The molecule has 1 saturated carbocycles. The van der Waals surface area contributed by atoms with E-state index in [2.05, 4.69) is 20.9 Å². The van der Waals surface area contributed by atoms with E-state index in [1.165, 1.54) is 0 Å². The minimum atomic E-state index is -0.612. The highest BCUT2D eigenvalue weighted by molar-refractivity contribution is 9.10. The molecule has 0 unspecified atom stereocenters. The second kappa shape index (κ2) is 5.04. The molecule has 0 aliphatic heterocycles. The number of phenolic OH excluding ortho intramolecular Hbond substituents is 1. The van der Waals surface area contributed by atoms with Crippen molar-refractivity contribution < 1.29 is 9.90 Å². The second-order valence-corrected chi connectivity index (χ2v) is 6.18. The van der Waals surface area contributed by atoms with E-state index in [1.807, 2.05) is 24.3 Å². The van der Waals surface area contributed by atoms with Gasteiger partial charge >= 0.3 is 0 Å². The SMILES string of the molecule is O=C=NC1(c2c(O)ccc3cc(Br)ccc23)CCCC1. The Morgan fingerprint density at radius 3 is 2.65 bits per heavy atom. The smallest absolute Gasteiger partial charge is 0.235 e. The quantitative estimate of drug-likeness (QED) is 0.654. The van der Waals surface area contributed by atoms with Gasteiger partial charge in [0.1, 0.15) is 11.3 Å². The molecule has 0 bridgehead atoms. The van der Waals surface area contributed by atoms with Crippen molar-refractivity contribution in [3.8, 4) is 5.75 Å². The van der Waals surface area contributed by atoms with E-state index in [1.54, 1.807) is 12.1 Å². The number of hydrogen-bond donors (Lipinski definition) is 1. The van der Waals surface area contributed by atoms with Crippen molar-refractivity contribution in [2.45, 2.75) is 31.2 Å². The molecule has 4 heteroatoms. The minimum absolute atomic E-state index is 0.209. The van der Waals surface area contributed by atoms with Crippen LogP contribution in [-0.4, -0.2) is 11.2 Å². The normalized spacial score (nSPS) is 17.1. The molecule has 0 amide bonds. The average molecular weight is 332 g/mol. The van der Waals surface area contributed by atoms with Gasteiger partial charge in [-0.3, -0.25) is 0 Å². The zero-order valence-corrected chi connectivity index (χ0v) is 12.5. The number of aliphatic imine (C=N–C) groups is 1. The number of fused-ring (bicyclic) bond motifs is 1. The zero-order chi connectivity index (χ0) is 14.2. The Morgan fingerprint density at radius 2 is 1.95 bits per heavy atom. The standard InChI is InChI=1S/C16H14BrNO2/c17-12-4-5-13-11(9-12)3-6-14(20)15(13)16(18-10-19)7-1-2-8-16/h3-6,9,20H,1-2,7-8H2. The van der Waals surface area contributed by atoms with Crippen molar-refractivity contribution in [1.82, 2.24) is 0 Å². The first-order chi connectivity index (χ1) is 9.66. The fourth-order valence-corrected chi connectivity index (χ4v) is 3.62. The Kier molecular flexibility index (Phi) is 3.36. The lowest BCUT2D eigenvalue weighted by atomic mass is 9.84. The van der Waals surface area contributed by atoms with E-state index in [4.69, 9.17) is 0 Å². The summed E-state index contributed by atoms with van der Waals surface area (Å²) in [5, 5.41) is 12.3. The third-order valence-corrected chi connectivity index (χ3v) is 4.61. The highest BCUT2D eigenvalue weighted by Crippen LogP contribution is 2.48. The number of isocyanates is 1. The number of aromatic hydroxyl groups is 1. The molecule has 1 fully saturated rings. The average Bonchev–Trinajstić information content (AvgIpc) is 2.88. The molecule has 0 aromatic heterocycles. The molecule has 2 aromatic rings. The van der Waals surface area contributed by atoms with Crippen molar-refractivity contribution in [2.24, 2.45) is 4.99 Å². The number of phenols is 1. The number of hydrogen-bond acceptors (Lipinski definition) is 3. The summed E-state index contributed by atoms with van der Waals surface area (Å²) in [6.45, 7) is 0. The van der Waals surface area contributed by atoms with Crippen LogP contribution in [0.1, 0.15) is 31.2 Å². The van der Waals surface area contributed by atoms with Gasteiger partial charge < -0.3 is 5.11 Å². The third-order valence-electron chi connectivity index (χ3n) is 4.12. The number of halogens is 1. The largest absolute Gasteiger partial charge is 0.508 e. The Bertz CT molecular complexity index is 714. The first kappa shape index (κ1) is 13.3. The summed E-state index contributed by atoms with van der Waals surface area (Å²) in [5.74, 6) is 0.209. The number of rotatable bonds is 2. The maximum atomic E-state index is 10.9. The molecule has 1 aliphatic carbocycles. The predicted molar refractivity (Wildman–Crippen MR) is 81.6 cm³/mol. The Labute approximate surface area is 125 Å². The van der Waals surface area contributed by atoms with Crippen LogP contribution in [0.25, 0.3) is 10.8 Å². The molecular formula is C16H14BrNO2. The van der Waals surface area contributed by atoms with Gasteiger partial charge in [0.05, 0.1) is 0 Å². The van der Waals surface area contributed by atoms with E-state index in [0.717, 1.165) is 46.5 Å². The molecule has 0 atom stereocenters. The number of nitrogens with zero attached hydrogens (tertiary/aromatic N) is 1. The van der Waals surface area contributed by atoms with E-state index < -0.39 is 5.54 Å². The second-order valence-electron chi connectivity index (χ2n) is 5.27. The van der Waals surface area contributed by atoms with E-state index >= 15 is 0 Å². The minimum Gasteiger partial charge on any atom is -0.508 e. The summed E-state index contributed by atoms with van der Waals surface area (Å²) in [6, 6.07) is 9.48. The van der Waals surface area contributed by atoms with Gasteiger partial charge in [0, 0.05) is 10.0 Å². The molecule has 3 nitrogen and oxygen atoms in total. The van der Waals surface area contributed by atoms with Crippen molar-refractivity contribution in [1.29, 1.82) is 0 Å². The van der Waals surface area contributed by atoms with Crippen molar-refractivity contribution >= 4 is 32.8 Å². The van der Waals surface area contributed by atoms with Crippen LogP contribution < -0.4 is 0 Å². The molecule has 1 N–H and O–H groups in total. The van der Waals surface area contributed by atoms with Crippen molar-refractivity contribution in [3.63, 3.8) is 0 Å². The fourth-order valence-electron chi connectivity index (χ4n) is 3.24. The van der Waals surface area contributed by atoms with Crippen LogP contribution in [-0.2, 0) is 10.3 Å². The molecule has 0 saturated heterocycles. The Morgan fingerprint density at radius 1 is 1.20 bits per heavy atom. The molecular weight excluding hydrogens is 318 g/mol. The summed E-state index contributed by atoms with van der Waals surface area (Å²) in [4.78, 5) is 14.9. The predicted octanol–water partition coefficient (Wildman–Crippen LogP) is 4.41. The molecule has 0 spiro atoms. The molecule has 0 radical (unpaired) electrons. The van der Waals surface area contributed by atoms with Gasteiger partial charge in [0.2, 0.25) is 6.08 Å². The summed E-state index contributed by atoms with van der Waals surface area (Å²) in [5.41, 5.74) is 0.155. The van der Waals surface area contributed by atoms with Gasteiger partial charge in [0.15, 0.2) is 0 Å². The van der Waals surface area contributed by atoms with Crippen LogP contribution in [0.2, 0.25) is 0 Å². The molecule has 3 rings (SSSR count). The topological polar surface area (TPSA) is 49.7 Å². The summed E-state index contributed by atoms with van der Waals surface area (Å²) in [6.07, 6.45) is 5.30. The van der Waals surface area contributed by atoms with Gasteiger partial charge in [-0.25, -0.2) is 4.79 Å². The van der Waals surface area contributed by atoms with E-state index in [-0.39, 0.29) is 5.75 Å². The van der Waals surface area contributed by atoms with E-state index in [9.17, 15) is 9.90 Å². The molecule has 20 heavy (non-hydrogen) atoms. The maximum absolute atomic E-state index is 10.9. The van der Waals surface area contributed by atoms with Gasteiger partial charge in [-0.1, -0.05) is 40.9 Å². The van der Waals surface area contributed by atoms with Gasteiger partial charge in [-0.2, -0.15) is 4.99 Å². The molecule has 2 aromatic carbocycles. The van der Waals surface area contributed by atoms with E-state index in [0.29, 0.717) is 0 Å². The highest BCUT2D eigenvalue weighted by Gasteiger charge is 2.39. The molecule has 0 heterocycles. The fraction of sp³-hybridized carbons (Fsp3) is 0.312. The van der Waals surface area contributed by atoms with Crippen LogP contribution in [0.4, 0.5) is 0 Å². The lowest BCUT2D eigenvalue weighted by Gasteiger charge is -2.25. The van der Waals surface area contributed by atoms with Crippen LogP contribution in [0.5, 0.6) is 5.75 Å².